The summed E-state index contributed by atoms with van der Waals surface area (Å²) in [6, 6.07) is 3.69. The molecular weight excluding hydrogens is 227 g/mol. The molecule has 0 aliphatic heterocycles. The van der Waals surface area contributed by atoms with Gasteiger partial charge in [0, 0.05) is 29.6 Å². The highest BCUT2D eigenvalue weighted by Gasteiger charge is 2.13. The maximum atomic E-state index is 12.9. The molecule has 0 radical (unpaired) electrons. The Bertz CT molecular complexity index is 371. The second kappa shape index (κ2) is 7.85. The highest BCUT2D eigenvalue weighted by molar-refractivity contribution is 5.61. The minimum atomic E-state index is -0.455. The first-order valence-electron chi connectivity index (χ1n) is 6.83. The van der Waals surface area contributed by atoms with Crippen molar-refractivity contribution in [2.24, 2.45) is 0 Å². The quantitative estimate of drug-likeness (QED) is 0.815. The fourth-order valence-electron chi connectivity index (χ4n) is 2.17. The normalized spacial score (nSPS) is 15.5. The van der Waals surface area contributed by atoms with Gasteiger partial charge in [-0.1, -0.05) is 39.7 Å². The Morgan fingerprint density at radius 1 is 1.33 bits per heavy atom. The molecule has 0 saturated heterocycles. The average molecular weight is 250 g/mol. The number of nitrogens with one attached hydrogen (secondary N) is 1. The Labute approximate surface area is 109 Å². The summed E-state index contributed by atoms with van der Waals surface area (Å²) in [6.07, 6.45) is 7.72. The molecule has 1 saturated carbocycles. The topological polar surface area (TPSA) is 24.9 Å². The van der Waals surface area contributed by atoms with Crippen LogP contribution in [0.3, 0.4) is 0 Å². The SMILES string of the molecule is C=C(NC1CCCCC1)c1ccnc(F)c1.CC. The predicted molar refractivity (Wildman–Crippen MR) is 74.6 cm³/mol. The molecule has 2 nitrogen and oxygen atoms in total. The molecule has 2 rings (SSSR count). The van der Waals surface area contributed by atoms with Crippen molar-refractivity contribution in [2.45, 2.75) is 52.0 Å². The number of nitrogens with zero attached hydrogens (tertiary/aromatic N) is 1. The Morgan fingerprint density at radius 3 is 2.61 bits per heavy atom. The smallest absolute Gasteiger partial charge is 0.213 e. The van der Waals surface area contributed by atoms with Crippen LogP contribution in [-0.4, -0.2) is 11.0 Å². The number of aromatic nitrogens is 1. The number of pyridine rings is 1. The zero-order valence-corrected chi connectivity index (χ0v) is 11.4. The summed E-state index contributed by atoms with van der Waals surface area (Å²) in [5.74, 6) is -0.455. The van der Waals surface area contributed by atoms with Gasteiger partial charge in [0.2, 0.25) is 5.95 Å². The Hall–Kier alpha value is -1.38. The van der Waals surface area contributed by atoms with Crippen LogP contribution < -0.4 is 5.32 Å². The predicted octanol–water partition coefficient (Wildman–Crippen LogP) is 4.14. The molecule has 1 aromatic rings. The summed E-state index contributed by atoms with van der Waals surface area (Å²) in [7, 11) is 0. The summed E-state index contributed by atoms with van der Waals surface area (Å²) in [5.41, 5.74) is 1.59. The second-order valence-electron chi connectivity index (χ2n) is 4.33. The zero-order valence-electron chi connectivity index (χ0n) is 11.4. The van der Waals surface area contributed by atoms with E-state index in [-0.39, 0.29) is 0 Å². The molecule has 0 bridgehead atoms. The molecule has 100 valence electrons. The average Bonchev–Trinajstić information content (AvgIpc) is 2.42. The third-order valence-corrected chi connectivity index (χ3v) is 3.06. The summed E-state index contributed by atoms with van der Waals surface area (Å²) in [5, 5.41) is 3.37. The molecule has 1 N–H and O–H groups in total. The molecule has 0 unspecified atom stereocenters. The van der Waals surface area contributed by atoms with Gasteiger partial charge in [0.1, 0.15) is 0 Å². The van der Waals surface area contributed by atoms with Gasteiger partial charge < -0.3 is 5.32 Å². The maximum Gasteiger partial charge on any atom is 0.213 e. The molecule has 1 aromatic heterocycles. The lowest BCUT2D eigenvalue weighted by Gasteiger charge is -2.24. The summed E-state index contributed by atoms with van der Waals surface area (Å²) < 4.78 is 12.9. The molecule has 0 aromatic carbocycles. The van der Waals surface area contributed by atoms with E-state index in [1.807, 2.05) is 13.8 Å². The van der Waals surface area contributed by atoms with E-state index < -0.39 is 5.95 Å². The van der Waals surface area contributed by atoms with Crippen LogP contribution in [0.25, 0.3) is 5.70 Å². The zero-order chi connectivity index (χ0) is 13.4. The fourth-order valence-corrected chi connectivity index (χ4v) is 2.17. The lowest BCUT2D eigenvalue weighted by atomic mass is 9.95. The van der Waals surface area contributed by atoms with Crippen molar-refractivity contribution in [3.05, 3.63) is 36.4 Å². The molecule has 0 atom stereocenters. The molecule has 1 fully saturated rings. The first-order chi connectivity index (χ1) is 8.75. The Kier molecular flexibility index (Phi) is 6.40. The fraction of sp³-hybridized carbons (Fsp3) is 0.533. The second-order valence-corrected chi connectivity index (χ2v) is 4.33. The van der Waals surface area contributed by atoms with Crippen molar-refractivity contribution in [1.29, 1.82) is 0 Å². The van der Waals surface area contributed by atoms with Gasteiger partial charge in [-0.25, -0.2) is 4.98 Å². The van der Waals surface area contributed by atoms with E-state index in [0.717, 1.165) is 11.3 Å². The van der Waals surface area contributed by atoms with Gasteiger partial charge in [0.25, 0.3) is 0 Å². The third kappa shape index (κ3) is 4.47. The van der Waals surface area contributed by atoms with E-state index in [1.54, 1.807) is 6.07 Å². The van der Waals surface area contributed by atoms with Crippen molar-refractivity contribution < 1.29 is 4.39 Å². The Morgan fingerprint density at radius 2 is 2.00 bits per heavy atom. The van der Waals surface area contributed by atoms with E-state index in [4.69, 9.17) is 0 Å². The first kappa shape index (κ1) is 14.7. The number of rotatable bonds is 3. The van der Waals surface area contributed by atoms with E-state index in [2.05, 4.69) is 16.9 Å². The van der Waals surface area contributed by atoms with Crippen LogP contribution in [0, 0.1) is 5.95 Å². The number of halogens is 1. The summed E-state index contributed by atoms with van der Waals surface area (Å²) in [4.78, 5) is 3.53. The molecule has 0 spiro atoms. The van der Waals surface area contributed by atoms with Crippen LogP contribution in [0.2, 0.25) is 0 Å². The van der Waals surface area contributed by atoms with Gasteiger partial charge in [-0.05, 0) is 18.9 Å². The molecule has 0 amide bonds. The number of hydrogen-bond acceptors (Lipinski definition) is 2. The van der Waals surface area contributed by atoms with Crippen molar-refractivity contribution in [1.82, 2.24) is 10.3 Å². The van der Waals surface area contributed by atoms with Gasteiger partial charge in [0.05, 0.1) is 0 Å². The molecular formula is C15H23FN2. The van der Waals surface area contributed by atoms with Crippen LogP contribution >= 0.6 is 0 Å². The van der Waals surface area contributed by atoms with Crippen molar-refractivity contribution in [3.8, 4) is 0 Å². The molecule has 18 heavy (non-hydrogen) atoms. The minimum Gasteiger partial charge on any atom is -0.382 e. The molecule has 1 aliphatic rings. The van der Waals surface area contributed by atoms with E-state index in [1.165, 1.54) is 44.4 Å². The van der Waals surface area contributed by atoms with Gasteiger partial charge in [0.15, 0.2) is 0 Å². The van der Waals surface area contributed by atoms with Crippen molar-refractivity contribution >= 4 is 5.70 Å². The lowest BCUT2D eigenvalue weighted by Crippen LogP contribution is -2.29. The summed E-state index contributed by atoms with van der Waals surface area (Å²) in [6.45, 7) is 7.95. The molecule has 1 aliphatic carbocycles. The van der Waals surface area contributed by atoms with Gasteiger partial charge in [-0.3, -0.25) is 0 Å². The van der Waals surface area contributed by atoms with E-state index in [0.29, 0.717) is 6.04 Å². The van der Waals surface area contributed by atoms with Crippen molar-refractivity contribution in [2.75, 3.05) is 0 Å². The third-order valence-electron chi connectivity index (χ3n) is 3.06. The van der Waals surface area contributed by atoms with Crippen molar-refractivity contribution in [3.63, 3.8) is 0 Å². The van der Waals surface area contributed by atoms with Crippen LogP contribution in [0.5, 0.6) is 0 Å². The monoisotopic (exact) mass is 250 g/mol. The standard InChI is InChI=1S/C13H17FN2.C2H6/c1-10(11-7-8-15-13(14)9-11)16-12-5-3-2-4-6-12;1-2/h7-9,12,16H,1-6H2;1-2H3. The highest BCUT2D eigenvalue weighted by atomic mass is 19.1. The first-order valence-corrected chi connectivity index (χ1v) is 6.83. The van der Waals surface area contributed by atoms with Crippen LogP contribution in [-0.2, 0) is 0 Å². The highest BCUT2D eigenvalue weighted by Crippen LogP contribution is 2.20. The lowest BCUT2D eigenvalue weighted by molar-refractivity contribution is 0.409. The maximum absolute atomic E-state index is 12.9. The molecule has 3 heteroatoms. The van der Waals surface area contributed by atoms with Gasteiger partial charge in [-0.15, -0.1) is 0 Å². The van der Waals surface area contributed by atoms with Crippen LogP contribution in [0.15, 0.2) is 24.9 Å². The largest absolute Gasteiger partial charge is 0.382 e. The van der Waals surface area contributed by atoms with Crippen LogP contribution in [0.4, 0.5) is 4.39 Å². The van der Waals surface area contributed by atoms with Gasteiger partial charge in [-0.2, -0.15) is 4.39 Å². The van der Waals surface area contributed by atoms with E-state index in [9.17, 15) is 4.39 Å². The van der Waals surface area contributed by atoms with E-state index >= 15 is 0 Å². The molecule has 1 heterocycles. The number of hydrogen-bond donors (Lipinski definition) is 1. The van der Waals surface area contributed by atoms with Crippen LogP contribution in [0.1, 0.15) is 51.5 Å². The Balaban J connectivity index is 0.000000771. The van der Waals surface area contributed by atoms with Gasteiger partial charge >= 0.3 is 0 Å². The summed E-state index contributed by atoms with van der Waals surface area (Å²) >= 11 is 0. The minimum absolute atomic E-state index is 0.455.